The maximum Gasteiger partial charge on any atom is 0.303 e. The molecule has 0 aliphatic heterocycles. The minimum absolute atomic E-state index is 0.0475. The smallest absolute Gasteiger partial charge is 0.303 e. The molecule has 0 saturated heterocycles. The summed E-state index contributed by atoms with van der Waals surface area (Å²) in [6.45, 7) is 2.10. The van der Waals surface area contributed by atoms with Gasteiger partial charge in [-0.05, 0) is 25.0 Å². The van der Waals surface area contributed by atoms with Crippen molar-refractivity contribution < 1.29 is 23.4 Å². The minimum atomic E-state index is -2.55. The highest BCUT2D eigenvalue weighted by Crippen LogP contribution is 2.27. The van der Waals surface area contributed by atoms with Crippen molar-refractivity contribution in [1.29, 1.82) is 0 Å². The molecule has 1 aromatic rings. The first-order valence-electron chi connectivity index (χ1n) is 5.30. The second-order valence-corrected chi connectivity index (χ2v) is 3.49. The van der Waals surface area contributed by atoms with E-state index in [0.717, 1.165) is 0 Å². The molecule has 0 heterocycles. The van der Waals surface area contributed by atoms with E-state index in [0.29, 0.717) is 17.9 Å². The number of hydrogen-bond acceptors (Lipinski definition) is 2. The Morgan fingerprint density at radius 2 is 2.18 bits per heavy atom. The van der Waals surface area contributed by atoms with Gasteiger partial charge in [0.15, 0.2) is 0 Å². The lowest BCUT2D eigenvalue weighted by molar-refractivity contribution is -0.136. The Morgan fingerprint density at radius 3 is 2.71 bits per heavy atom. The fraction of sp³-hybridized carbons (Fsp3) is 0.417. The number of aliphatic carboxylic acids is 1. The third kappa shape index (κ3) is 4.01. The molecular weight excluding hydrogens is 230 g/mol. The first kappa shape index (κ1) is 13.4. The molecule has 0 bridgehead atoms. The van der Waals surface area contributed by atoms with Gasteiger partial charge in [0.25, 0.3) is 6.43 Å². The highest BCUT2D eigenvalue weighted by atomic mass is 19.3. The summed E-state index contributed by atoms with van der Waals surface area (Å²) in [4.78, 5) is 10.5. The molecule has 0 aromatic heterocycles. The molecule has 0 spiro atoms. The van der Waals surface area contributed by atoms with E-state index in [1.165, 1.54) is 18.2 Å². The quantitative estimate of drug-likeness (QED) is 0.836. The highest BCUT2D eigenvalue weighted by Gasteiger charge is 2.12. The van der Waals surface area contributed by atoms with Gasteiger partial charge in [-0.3, -0.25) is 4.79 Å². The Kier molecular flexibility index (Phi) is 4.87. The lowest BCUT2D eigenvalue weighted by Gasteiger charge is -2.11. The molecule has 0 aliphatic carbocycles. The third-order valence-electron chi connectivity index (χ3n) is 2.25. The zero-order chi connectivity index (χ0) is 12.8. The van der Waals surface area contributed by atoms with Crippen LogP contribution in [-0.4, -0.2) is 17.7 Å². The van der Waals surface area contributed by atoms with Gasteiger partial charge >= 0.3 is 5.97 Å². The summed E-state index contributed by atoms with van der Waals surface area (Å²) in [7, 11) is 0. The van der Waals surface area contributed by atoms with E-state index in [1.54, 1.807) is 6.92 Å². The van der Waals surface area contributed by atoms with E-state index in [2.05, 4.69) is 0 Å². The highest BCUT2D eigenvalue weighted by molar-refractivity contribution is 5.67. The van der Waals surface area contributed by atoms with Crippen LogP contribution in [0.15, 0.2) is 18.2 Å². The molecule has 1 rings (SSSR count). The van der Waals surface area contributed by atoms with Crippen molar-refractivity contribution in [2.45, 2.75) is 26.2 Å². The van der Waals surface area contributed by atoms with Crippen LogP contribution in [0.4, 0.5) is 8.78 Å². The Morgan fingerprint density at radius 1 is 1.47 bits per heavy atom. The van der Waals surface area contributed by atoms with Crippen LogP contribution in [0.2, 0.25) is 0 Å². The molecule has 0 atom stereocenters. The summed E-state index contributed by atoms with van der Waals surface area (Å²) in [6.07, 6.45) is -2.33. The first-order chi connectivity index (χ1) is 8.04. The van der Waals surface area contributed by atoms with Gasteiger partial charge < -0.3 is 9.84 Å². The third-order valence-corrected chi connectivity index (χ3v) is 2.25. The van der Waals surface area contributed by atoms with Crippen LogP contribution in [0.5, 0.6) is 5.75 Å². The monoisotopic (exact) mass is 244 g/mol. The molecule has 1 aromatic carbocycles. The summed E-state index contributed by atoms with van der Waals surface area (Å²) in [5.41, 5.74) is 0.520. The number of carboxylic acid groups (broad SMARTS) is 1. The molecule has 0 aliphatic rings. The first-order valence-corrected chi connectivity index (χ1v) is 5.30. The topological polar surface area (TPSA) is 46.5 Å². The van der Waals surface area contributed by atoms with Gasteiger partial charge in [-0.2, -0.15) is 0 Å². The predicted molar refractivity (Wildman–Crippen MR) is 58.5 cm³/mol. The number of carboxylic acids is 1. The van der Waals surface area contributed by atoms with Crippen LogP contribution in [-0.2, 0) is 11.2 Å². The molecule has 1 N–H and O–H groups in total. The van der Waals surface area contributed by atoms with Gasteiger partial charge in [0, 0.05) is 12.0 Å². The summed E-state index contributed by atoms with van der Waals surface area (Å²) < 4.78 is 30.2. The van der Waals surface area contributed by atoms with E-state index >= 15 is 0 Å². The average molecular weight is 244 g/mol. The van der Waals surface area contributed by atoms with Gasteiger partial charge in [0.2, 0.25) is 0 Å². The van der Waals surface area contributed by atoms with Crippen molar-refractivity contribution in [3.63, 3.8) is 0 Å². The largest absolute Gasteiger partial charge is 0.494 e. The number of rotatable bonds is 6. The summed E-state index contributed by atoms with van der Waals surface area (Å²) in [5.74, 6) is -0.586. The van der Waals surface area contributed by atoms with Crippen LogP contribution >= 0.6 is 0 Å². The van der Waals surface area contributed by atoms with E-state index in [9.17, 15) is 13.6 Å². The van der Waals surface area contributed by atoms with Crippen molar-refractivity contribution in [2.24, 2.45) is 0 Å². The molecule has 0 fully saturated rings. The molecule has 0 radical (unpaired) electrons. The number of aryl methyl sites for hydroxylation is 1. The fourth-order valence-corrected chi connectivity index (χ4v) is 1.44. The molecule has 5 heteroatoms. The molecule has 0 unspecified atom stereocenters. The van der Waals surface area contributed by atoms with Crippen LogP contribution in [0.1, 0.15) is 30.9 Å². The van der Waals surface area contributed by atoms with Crippen LogP contribution < -0.4 is 4.74 Å². The molecule has 3 nitrogen and oxygen atoms in total. The zero-order valence-electron chi connectivity index (χ0n) is 9.45. The number of benzene rings is 1. The van der Waals surface area contributed by atoms with Crippen LogP contribution in [0, 0.1) is 0 Å². The predicted octanol–water partition coefficient (Wildman–Crippen LogP) is 3.04. The van der Waals surface area contributed by atoms with Crippen LogP contribution in [0.25, 0.3) is 0 Å². The number of halogens is 2. The van der Waals surface area contributed by atoms with Crippen molar-refractivity contribution in [3.05, 3.63) is 29.3 Å². The Hall–Kier alpha value is -1.65. The zero-order valence-corrected chi connectivity index (χ0v) is 9.45. The Bertz CT molecular complexity index is 391. The number of alkyl halides is 2. The average Bonchev–Trinajstić information content (AvgIpc) is 2.27. The molecular formula is C12H14F2O3. The van der Waals surface area contributed by atoms with Gasteiger partial charge in [-0.15, -0.1) is 0 Å². The standard InChI is InChI=1S/C12H14F2O3/c1-2-17-10-7-9(12(13)14)4-3-8(10)5-6-11(15)16/h3-4,7,12H,2,5-6H2,1H3,(H,15,16). The SMILES string of the molecule is CCOc1cc(C(F)F)ccc1CCC(=O)O. The van der Waals surface area contributed by atoms with Crippen molar-refractivity contribution in [3.8, 4) is 5.75 Å². The lowest BCUT2D eigenvalue weighted by Crippen LogP contribution is -2.02. The maximum absolute atomic E-state index is 12.5. The van der Waals surface area contributed by atoms with E-state index in [4.69, 9.17) is 9.84 Å². The second kappa shape index (κ2) is 6.18. The normalized spacial score (nSPS) is 10.6. The molecule has 17 heavy (non-hydrogen) atoms. The Labute approximate surface area is 98.0 Å². The summed E-state index contributed by atoms with van der Waals surface area (Å²) in [6, 6.07) is 4.06. The minimum Gasteiger partial charge on any atom is -0.494 e. The van der Waals surface area contributed by atoms with Crippen molar-refractivity contribution in [1.82, 2.24) is 0 Å². The Balaban J connectivity index is 2.91. The van der Waals surface area contributed by atoms with E-state index < -0.39 is 12.4 Å². The molecule has 94 valence electrons. The number of hydrogen-bond donors (Lipinski definition) is 1. The van der Waals surface area contributed by atoms with Crippen molar-refractivity contribution in [2.75, 3.05) is 6.61 Å². The fourth-order valence-electron chi connectivity index (χ4n) is 1.44. The van der Waals surface area contributed by atoms with Gasteiger partial charge in [-0.1, -0.05) is 12.1 Å². The summed E-state index contributed by atoms with van der Waals surface area (Å²) in [5, 5.41) is 8.58. The van der Waals surface area contributed by atoms with Crippen LogP contribution in [0.3, 0.4) is 0 Å². The number of ether oxygens (including phenoxy) is 1. The van der Waals surface area contributed by atoms with Crippen molar-refractivity contribution >= 4 is 5.97 Å². The van der Waals surface area contributed by atoms with E-state index in [1.807, 2.05) is 0 Å². The summed E-state index contributed by atoms with van der Waals surface area (Å²) >= 11 is 0. The van der Waals surface area contributed by atoms with Gasteiger partial charge in [-0.25, -0.2) is 8.78 Å². The molecule has 0 amide bonds. The second-order valence-electron chi connectivity index (χ2n) is 3.49. The number of carbonyl (C=O) groups is 1. The lowest BCUT2D eigenvalue weighted by atomic mass is 10.1. The van der Waals surface area contributed by atoms with Gasteiger partial charge in [0.1, 0.15) is 5.75 Å². The van der Waals surface area contributed by atoms with Gasteiger partial charge in [0.05, 0.1) is 6.61 Å². The molecule has 0 saturated carbocycles. The maximum atomic E-state index is 12.5. The van der Waals surface area contributed by atoms with E-state index in [-0.39, 0.29) is 18.4 Å².